The second-order valence-corrected chi connectivity index (χ2v) is 8.58. The van der Waals surface area contributed by atoms with Crippen LogP contribution in [0.3, 0.4) is 0 Å². The van der Waals surface area contributed by atoms with Gasteiger partial charge in [-0.05, 0) is 33.3 Å². The van der Waals surface area contributed by atoms with E-state index in [1.165, 1.54) is 16.7 Å². The minimum atomic E-state index is 0.519. The van der Waals surface area contributed by atoms with Gasteiger partial charge in [0, 0.05) is 22.6 Å². The molecular weight excluding hydrogens is 404 g/mol. The van der Waals surface area contributed by atoms with Crippen LogP contribution in [0.2, 0.25) is 0 Å². The van der Waals surface area contributed by atoms with Gasteiger partial charge in [0.05, 0.1) is 11.4 Å². The molecule has 0 unspecified atom stereocenters. The van der Waals surface area contributed by atoms with Crippen LogP contribution in [0.25, 0.3) is 27.5 Å². The molecule has 7 heteroatoms. The topological polar surface area (TPSA) is 68.0 Å². The molecule has 31 heavy (non-hydrogen) atoms. The first-order chi connectivity index (χ1) is 15.0. The summed E-state index contributed by atoms with van der Waals surface area (Å²) >= 11 is 1.57. The largest absolute Gasteiger partial charge is 0.307 e. The molecule has 0 aliphatic carbocycles. The van der Waals surface area contributed by atoms with Gasteiger partial charge in [0.1, 0.15) is 11.6 Å². The number of nitrogens with one attached hydrogen (secondary N) is 1. The smallest absolute Gasteiger partial charge is 0.249 e. The molecule has 5 aromatic rings. The minimum Gasteiger partial charge on any atom is -0.307 e. The lowest BCUT2D eigenvalue weighted by Crippen LogP contribution is -2.00. The zero-order valence-electron chi connectivity index (χ0n) is 17.8. The number of thiazole rings is 1. The Bertz CT molecular complexity index is 1400. The molecule has 0 aliphatic heterocycles. The normalized spacial score (nSPS) is 11.2. The zero-order chi connectivity index (χ0) is 21.5. The summed E-state index contributed by atoms with van der Waals surface area (Å²) in [6.07, 6.45) is 0. The van der Waals surface area contributed by atoms with E-state index in [2.05, 4.69) is 88.9 Å². The van der Waals surface area contributed by atoms with E-state index < -0.39 is 0 Å². The summed E-state index contributed by atoms with van der Waals surface area (Å²) in [5.74, 6) is 1.89. The van der Waals surface area contributed by atoms with Gasteiger partial charge in [0.2, 0.25) is 10.9 Å². The van der Waals surface area contributed by atoms with Gasteiger partial charge in [-0.1, -0.05) is 53.6 Å². The average Bonchev–Trinajstić information content (AvgIpc) is 3.29. The minimum absolute atomic E-state index is 0.519. The van der Waals surface area contributed by atoms with Gasteiger partial charge in [0.25, 0.3) is 0 Å². The molecule has 0 aliphatic rings. The van der Waals surface area contributed by atoms with Crippen LogP contribution in [0, 0.1) is 27.7 Å². The maximum Gasteiger partial charge on any atom is 0.249 e. The van der Waals surface area contributed by atoms with Crippen molar-refractivity contribution in [2.75, 3.05) is 5.32 Å². The van der Waals surface area contributed by atoms with Crippen LogP contribution in [0.1, 0.15) is 22.5 Å². The predicted molar refractivity (Wildman–Crippen MR) is 126 cm³/mol. The summed E-state index contributed by atoms with van der Waals surface area (Å²) < 4.78 is 1.89. The molecular formula is C24H22N6S. The van der Waals surface area contributed by atoms with Crippen molar-refractivity contribution >= 4 is 28.1 Å². The van der Waals surface area contributed by atoms with Gasteiger partial charge in [0.15, 0.2) is 0 Å². The van der Waals surface area contributed by atoms with E-state index in [1.54, 1.807) is 11.3 Å². The zero-order valence-corrected chi connectivity index (χ0v) is 18.7. The lowest BCUT2D eigenvalue weighted by Gasteiger charge is -2.07. The fourth-order valence-corrected chi connectivity index (χ4v) is 4.46. The van der Waals surface area contributed by atoms with E-state index >= 15 is 0 Å². The first kappa shape index (κ1) is 19.4. The molecule has 0 spiro atoms. The van der Waals surface area contributed by atoms with Crippen molar-refractivity contribution in [2.45, 2.75) is 27.7 Å². The van der Waals surface area contributed by atoms with Crippen LogP contribution in [0.5, 0.6) is 0 Å². The quantitative estimate of drug-likeness (QED) is 0.388. The highest BCUT2D eigenvalue weighted by molar-refractivity contribution is 7.15. The molecule has 0 saturated carbocycles. The van der Waals surface area contributed by atoms with E-state index in [9.17, 15) is 0 Å². The number of fused-ring (bicyclic) bond motifs is 1. The molecule has 154 valence electrons. The fourth-order valence-electron chi connectivity index (χ4n) is 3.64. The van der Waals surface area contributed by atoms with Crippen molar-refractivity contribution in [3.05, 3.63) is 76.4 Å². The molecule has 2 aromatic carbocycles. The van der Waals surface area contributed by atoms with Gasteiger partial charge in [-0.25, -0.2) is 14.5 Å². The van der Waals surface area contributed by atoms with Crippen molar-refractivity contribution in [3.8, 4) is 22.5 Å². The second kappa shape index (κ2) is 7.59. The molecule has 5 rings (SSSR count). The maximum atomic E-state index is 4.70. The molecule has 3 aromatic heterocycles. The van der Waals surface area contributed by atoms with Gasteiger partial charge >= 0.3 is 0 Å². The Labute approximate surface area is 184 Å². The van der Waals surface area contributed by atoms with Crippen LogP contribution < -0.4 is 5.32 Å². The third-order valence-corrected chi connectivity index (χ3v) is 5.98. The van der Waals surface area contributed by atoms with Crippen molar-refractivity contribution < 1.29 is 0 Å². The van der Waals surface area contributed by atoms with Gasteiger partial charge in [-0.3, -0.25) is 0 Å². The Morgan fingerprint density at radius 1 is 0.839 bits per heavy atom. The summed E-state index contributed by atoms with van der Waals surface area (Å²) in [6.45, 7) is 8.19. The van der Waals surface area contributed by atoms with Crippen molar-refractivity contribution in [1.82, 2.24) is 24.6 Å². The summed E-state index contributed by atoms with van der Waals surface area (Å²) in [5.41, 5.74) is 7.80. The maximum absolute atomic E-state index is 4.70. The van der Waals surface area contributed by atoms with Gasteiger partial charge < -0.3 is 5.32 Å². The molecule has 1 N–H and O–H groups in total. The Balaban J connectivity index is 1.49. The highest BCUT2D eigenvalue weighted by Crippen LogP contribution is 2.29. The first-order valence-corrected chi connectivity index (χ1v) is 11.0. The lowest BCUT2D eigenvalue weighted by atomic mass is 10.0. The van der Waals surface area contributed by atoms with Gasteiger partial charge in [-0.15, -0.1) is 16.4 Å². The molecule has 0 amide bonds. The number of aromatic nitrogens is 5. The molecule has 0 atom stereocenters. The van der Waals surface area contributed by atoms with E-state index in [-0.39, 0.29) is 0 Å². The van der Waals surface area contributed by atoms with Crippen LogP contribution in [-0.4, -0.2) is 24.6 Å². The molecule has 0 saturated heterocycles. The van der Waals surface area contributed by atoms with Crippen molar-refractivity contribution in [3.63, 3.8) is 0 Å². The third kappa shape index (κ3) is 3.80. The Morgan fingerprint density at radius 2 is 1.61 bits per heavy atom. The molecule has 3 heterocycles. The second-order valence-electron chi connectivity index (χ2n) is 7.75. The third-order valence-electron chi connectivity index (χ3n) is 5.16. The highest BCUT2D eigenvalue weighted by atomic mass is 32.1. The van der Waals surface area contributed by atoms with Crippen molar-refractivity contribution in [2.24, 2.45) is 0 Å². The summed E-state index contributed by atoms with van der Waals surface area (Å²) in [5, 5.41) is 10.1. The van der Waals surface area contributed by atoms with E-state index in [4.69, 9.17) is 5.10 Å². The summed E-state index contributed by atoms with van der Waals surface area (Å²) in [4.78, 5) is 14.6. The number of nitrogens with zero attached hydrogens (tertiary/aromatic N) is 5. The predicted octanol–water partition coefficient (Wildman–Crippen LogP) is 5.89. The number of benzene rings is 2. The monoisotopic (exact) mass is 426 g/mol. The Hall–Kier alpha value is -3.58. The van der Waals surface area contributed by atoms with E-state index in [1.807, 2.05) is 17.5 Å². The average molecular weight is 427 g/mol. The van der Waals surface area contributed by atoms with Gasteiger partial charge in [-0.2, -0.15) is 4.98 Å². The SMILES string of the molecule is Cc1ccc(-c2cc(Nc3nc4scc(-c5ccc(C)cc5C)n4n3)nc(C)n2)cc1. The van der Waals surface area contributed by atoms with Crippen LogP contribution in [0.4, 0.5) is 11.8 Å². The number of hydrogen-bond donors (Lipinski definition) is 1. The van der Waals surface area contributed by atoms with Crippen LogP contribution in [0.15, 0.2) is 53.9 Å². The van der Waals surface area contributed by atoms with Crippen LogP contribution in [-0.2, 0) is 0 Å². The standard InChI is InChI=1S/C24H22N6S/c1-14-5-8-18(9-6-14)20-12-22(26-17(4)25-20)27-23-28-24-30(29-23)21(13-31-24)19-10-7-15(2)11-16(19)3/h5-13H,1-4H3,(H,25,26,27,29). The number of anilines is 2. The molecule has 0 bridgehead atoms. The number of rotatable bonds is 4. The molecule has 6 nitrogen and oxygen atoms in total. The van der Waals surface area contributed by atoms with Crippen molar-refractivity contribution in [1.29, 1.82) is 0 Å². The number of aryl methyl sites for hydroxylation is 4. The van der Waals surface area contributed by atoms with Crippen LogP contribution >= 0.6 is 11.3 Å². The lowest BCUT2D eigenvalue weighted by molar-refractivity contribution is 0.982. The summed E-state index contributed by atoms with van der Waals surface area (Å²) in [7, 11) is 0. The fraction of sp³-hybridized carbons (Fsp3) is 0.167. The Kier molecular flexibility index (Phi) is 4.75. The summed E-state index contributed by atoms with van der Waals surface area (Å²) in [6, 6.07) is 16.7. The molecule has 0 fully saturated rings. The first-order valence-electron chi connectivity index (χ1n) is 10.1. The Morgan fingerprint density at radius 3 is 2.39 bits per heavy atom. The highest BCUT2D eigenvalue weighted by Gasteiger charge is 2.14. The van der Waals surface area contributed by atoms with E-state index in [0.717, 1.165) is 27.5 Å². The van der Waals surface area contributed by atoms with E-state index in [0.29, 0.717) is 17.6 Å². The molecule has 0 radical (unpaired) electrons. The number of hydrogen-bond acceptors (Lipinski definition) is 6.